The maximum atomic E-state index is 13.0. The summed E-state index contributed by atoms with van der Waals surface area (Å²) in [6.07, 6.45) is 0.522. The predicted molar refractivity (Wildman–Crippen MR) is 114 cm³/mol. The summed E-state index contributed by atoms with van der Waals surface area (Å²) < 4.78 is 37.7. The Hall–Kier alpha value is -1.74. The number of thioether (sulfide) groups is 1. The normalized spacial score (nSPS) is 17.2. The van der Waals surface area contributed by atoms with Gasteiger partial charge in [-0.15, -0.1) is 11.8 Å². The molecule has 0 spiro atoms. The quantitative estimate of drug-likeness (QED) is 0.566. The fourth-order valence-corrected chi connectivity index (χ4v) is 6.54. The highest BCUT2D eigenvalue weighted by atomic mass is 35.5. The summed E-state index contributed by atoms with van der Waals surface area (Å²) >= 11 is 7.89. The van der Waals surface area contributed by atoms with E-state index in [4.69, 9.17) is 21.1 Å². The first kappa shape index (κ1) is 22.0. The van der Waals surface area contributed by atoms with E-state index in [1.165, 1.54) is 0 Å². The van der Waals surface area contributed by atoms with E-state index in [1.54, 1.807) is 65.5 Å². The molecule has 156 valence electrons. The Morgan fingerprint density at radius 3 is 2.69 bits per heavy atom. The fraction of sp³-hybridized carbons (Fsp3) is 0.350. The van der Waals surface area contributed by atoms with E-state index in [0.29, 0.717) is 28.6 Å². The summed E-state index contributed by atoms with van der Waals surface area (Å²) in [4.78, 5) is 11.7. The molecule has 1 aliphatic heterocycles. The second-order valence-corrected chi connectivity index (χ2v) is 9.90. The van der Waals surface area contributed by atoms with E-state index in [0.717, 1.165) is 11.3 Å². The molecule has 9 heteroatoms. The highest BCUT2D eigenvalue weighted by Crippen LogP contribution is 2.34. The number of halogens is 1. The van der Waals surface area contributed by atoms with Gasteiger partial charge in [0.2, 0.25) is 10.0 Å². The maximum absolute atomic E-state index is 13.0. The molecule has 0 N–H and O–H groups in total. The third kappa shape index (κ3) is 5.45. The standard InChI is InChI=1S/C20H22ClNO5S2/c1-2-26-20(23)14-27-18-9-8-15(12-17(18)21)13-19-22(10-11-28-19)29(24,25)16-6-4-3-5-7-16/h3-9,12,19H,2,10-11,13-14H2,1H3. The minimum absolute atomic E-state index is 0.206. The van der Waals surface area contributed by atoms with Gasteiger partial charge in [-0.1, -0.05) is 35.9 Å². The number of nitrogens with zero attached hydrogens (tertiary/aromatic N) is 1. The summed E-state index contributed by atoms with van der Waals surface area (Å²) in [6.45, 7) is 2.27. The third-order valence-electron chi connectivity index (χ3n) is 4.35. The number of hydrogen-bond acceptors (Lipinski definition) is 6. The van der Waals surface area contributed by atoms with Gasteiger partial charge < -0.3 is 9.47 Å². The van der Waals surface area contributed by atoms with Crippen molar-refractivity contribution in [2.24, 2.45) is 0 Å². The van der Waals surface area contributed by atoms with E-state index in [2.05, 4.69) is 0 Å². The van der Waals surface area contributed by atoms with E-state index < -0.39 is 16.0 Å². The molecule has 0 aliphatic carbocycles. The zero-order chi connectivity index (χ0) is 20.9. The van der Waals surface area contributed by atoms with Crippen molar-refractivity contribution in [1.82, 2.24) is 4.31 Å². The summed E-state index contributed by atoms with van der Waals surface area (Å²) in [5.41, 5.74) is 0.895. The first-order valence-electron chi connectivity index (χ1n) is 9.17. The van der Waals surface area contributed by atoms with Crippen LogP contribution < -0.4 is 4.74 Å². The number of ether oxygens (including phenoxy) is 2. The minimum Gasteiger partial charge on any atom is -0.480 e. The van der Waals surface area contributed by atoms with E-state index >= 15 is 0 Å². The van der Waals surface area contributed by atoms with Crippen LogP contribution in [-0.2, 0) is 26.0 Å². The van der Waals surface area contributed by atoms with E-state index in [9.17, 15) is 13.2 Å². The van der Waals surface area contributed by atoms with Gasteiger partial charge in [0.25, 0.3) is 0 Å². The molecule has 1 heterocycles. The molecule has 0 saturated carbocycles. The molecule has 2 aromatic rings. The van der Waals surface area contributed by atoms with E-state index in [-0.39, 0.29) is 18.6 Å². The average Bonchev–Trinajstić information content (AvgIpc) is 3.17. The summed E-state index contributed by atoms with van der Waals surface area (Å²) in [7, 11) is -3.55. The van der Waals surface area contributed by atoms with Crippen molar-refractivity contribution in [2.45, 2.75) is 23.6 Å². The fourth-order valence-electron chi connectivity index (χ4n) is 3.00. The molecule has 1 fully saturated rings. The highest BCUT2D eigenvalue weighted by molar-refractivity contribution is 8.01. The largest absolute Gasteiger partial charge is 0.480 e. The van der Waals surface area contributed by atoms with Crippen molar-refractivity contribution in [3.8, 4) is 5.75 Å². The number of esters is 1. The van der Waals surface area contributed by atoms with Gasteiger partial charge in [-0.25, -0.2) is 13.2 Å². The maximum Gasteiger partial charge on any atom is 0.344 e. The second kappa shape index (κ2) is 9.84. The average molecular weight is 456 g/mol. The van der Waals surface area contributed by atoms with Crippen LogP contribution in [0.3, 0.4) is 0 Å². The lowest BCUT2D eigenvalue weighted by Crippen LogP contribution is -2.36. The molecule has 1 saturated heterocycles. The summed E-state index contributed by atoms with van der Waals surface area (Å²) in [5, 5.41) is 0.162. The first-order chi connectivity index (χ1) is 13.9. The van der Waals surface area contributed by atoms with Crippen LogP contribution in [0.25, 0.3) is 0 Å². The topological polar surface area (TPSA) is 72.9 Å². The molecule has 6 nitrogen and oxygen atoms in total. The van der Waals surface area contributed by atoms with Crippen LogP contribution in [0, 0.1) is 0 Å². The van der Waals surface area contributed by atoms with Crippen LogP contribution in [0.15, 0.2) is 53.4 Å². The number of carbonyl (C=O) groups excluding carboxylic acids is 1. The van der Waals surface area contributed by atoms with Crippen molar-refractivity contribution < 1.29 is 22.7 Å². The SMILES string of the molecule is CCOC(=O)COc1ccc(CC2SCCN2S(=O)(=O)c2ccccc2)cc1Cl. The molecule has 0 aromatic heterocycles. The Kier molecular flexibility index (Phi) is 7.45. The lowest BCUT2D eigenvalue weighted by molar-refractivity contribution is -0.145. The van der Waals surface area contributed by atoms with Gasteiger partial charge in [-0.05, 0) is 43.2 Å². The predicted octanol–water partition coefficient (Wildman–Crippen LogP) is 3.59. The molecule has 3 rings (SSSR count). The van der Waals surface area contributed by atoms with Crippen molar-refractivity contribution in [3.05, 3.63) is 59.1 Å². The van der Waals surface area contributed by atoms with Gasteiger partial charge >= 0.3 is 5.97 Å². The van der Waals surface area contributed by atoms with Crippen LogP contribution in [-0.4, -0.2) is 49.6 Å². The van der Waals surface area contributed by atoms with Crippen molar-refractivity contribution >= 4 is 39.4 Å². The molecule has 1 unspecified atom stereocenters. The Balaban J connectivity index is 1.69. The van der Waals surface area contributed by atoms with E-state index in [1.807, 2.05) is 6.07 Å². The van der Waals surface area contributed by atoms with Crippen LogP contribution in [0.4, 0.5) is 0 Å². The van der Waals surface area contributed by atoms with Crippen molar-refractivity contribution in [1.29, 1.82) is 0 Å². The van der Waals surface area contributed by atoms with Gasteiger partial charge in [-0.3, -0.25) is 0 Å². The molecular weight excluding hydrogens is 434 g/mol. The zero-order valence-corrected chi connectivity index (χ0v) is 18.3. The third-order valence-corrected chi connectivity index (χ3v) is 7.93. The number of rotatable bonds is 8. The van der Waals surface area contributed by atoms with Gasteiger partial charge in [0, 0.05) is 12.3 Å². The van der Waals surface area contributed by atoms with Crippen LogP contribution in [0.2, 0.25) is 5.02 Å². The Labute approximate surface area is 180 Å². The highest BCUT2D eigenvalue weighted by Gasteiger charge is 2.35. The second-order valence-electron chi connectivity index (χ2n) is 6.32. The van der Waals surface area contributed by atoms with Gasteiger partial charge in [0.1, 0.15) is 5.75 Å². The Morgan fingerprint density at radius 1 is 1.24 bits per heavy atom. The Bertz CT molecular complexity index is 953. The molecule has 0 radical (unpaired) electrons. The lowest BCUT2D eigenvalue weighted by Gasteiger charge is -2.23. The molecule has 0 amide bonds. The molecule has 1 atom stereocenters. The summed E-state index contributed by atoms with van der Waals surface area (Å²) in [5.74, 6) is 0.665. The number of benzene rings is 2. The minimum atomic E-state index is -3.55. The molecule has 29 heavy (non-hydrogen) atoms. The number of sulfonamides is 1. The molecule has 2 aromatic carbocycles. The van der Waals surface area contributed by atoms with Gasteiger partial charge in [-0.2, -0.15) is 4.31 Å². The Morgan fingerprint density at radius 2 is 2.00 bits per heavy atom. The van der Waals surface area contributed by atoms with Gasteiger partial charge in [0.05, 0.1) is 21.9 Å². The number of hydrogen-bond donors (Lipinski definition) is 0. The smallest absolute Gasteiger partial charge is 0.344 e. The van der Waals surface area contributed by atoms with Crippen LogP contribution in [0.1, 0.15) is 12.5 Å². The van der Waals surface area contributed by atoms with Crippen molar-refractivity contribution in [3.63, 3.8) is 0 Å². The zero-order valence-electron chi connectivity index (χ0n) is 15.9. The monoisotopic (exact) mass is 455 g/mol. The van der Waals surface area contributed by atoms with Gasteiger partial charge in [0.15, 0.2) is 6.61 Å². The number of carbonyl (C=O) groups is 1. The molecule has 1 aliphatic rings. The van der Waals surface area contributed by atoms with Crippen molar-refractivity contribution in [2.75, 3.05) is 25.5 Å². The van der Waals surface area contributed by atoms with Crippen LogP contribution in [0.5, 0.6) is 5.75 Å². The van der Waals surface area contributed by atoms with Crippen LogP contribution >= 0.6 is 23.4 Å². The molecule has 0 bridgehead atoms. The first-order valence-corrected chi connectivity index (χ1v) is 12.0. The lowest BCUT2D eigenvalue weighted by atomic mass is 10.1. The summed E-state index contributed by atoms with van der Waals surface area (Å²) in [6, 6.07) is 13.7. The molecular formula is C20H22ClNO5S2.